The molecule has 3 rings (SSSR count). The van der Waals surface area contributed by atoms with E-state index in [-0.39, 0.29) is 6.17 Å². The van der Waals surface area contributed by atoms with Crippen LogP contribution in [0.2, 0.25) is 0 Å². The van der Waals surface area contributed by atoms with Crippen molar-refractivity contribution >= 4 is 11.3 Å². The van der Waals surface area contributed by atoms with Crippen LogP contribution in [0.3, 0.4) is 0 Å². The molecule has 0 fully saturated rings. The van der Waals surface area contributed by atoms with Crippen LogP contribution in [0.5, 0.6) is 0 Å². The first-order valence-corrected chi connectivity index (χ1v) is 5.85. The Morgan fingerprint density at radius 3 is 2.12 bits per heavy atom. The van der Waals surface area contributed by atoms with Crippen LogP contribution in [0.25, 0.3) is 0 Å². The fourth-order valence-corrected chi connectivity index (χ4v) is 2.48. The fraction of sp³-hybridized carbons (Fsp3) is 0.0909. The molecule has 0 bridgehead atoms. The van der Waals surface area contributed by atoms with Crippen molar-refractivity contribution in [2.45, 2.75) is 6.17 Å². The quantitative estimate of drug-likeness (QED) is 0.691. The molecule has 0 aliphatic heterocycles. The normalized spacial score (nSPS) is 11.1. The Morgan fingerprint density at radius 1 is 1.00 bits per heavy atom. The maximum absolute atomic E-state index is 4.29. The summed E-state index contributed by atoms with van der Waals surface area (Å²) < 4.78 is 3.80. The molecule has 80 valence electrons. The second-order valence-electron chi connectivity index (χ2n) is 3.36. The minimum absolute atomic E-state index is 0.0185. The Labute approximate surface area is 96.8 Å². The first-order valence-electron chi connectivity index (χ1n) is 4.97. The molecule has 5 heteroatoms. The molecule has 0 amide bonds. The molecule has 0 saturated heterocycles. The molecule has 0 unspecified atom stereocenters. The highest BCUT2D eigenvalue weighted by molar-refractivity contribution is 7.10. The molecule has 3 heterocycles. The summed E-state index contributed by atoms with van der Waals surface area (Å²) in [5.41, 5.74) is 0. The zero-order valence-corrected chi connectivity index (χ0v) is 9.29. The summed E-state index contributed by atoms with van der Waals surface area (Å²) in [4.78, 5) is 1.22. The molecule has 0 radical (unpaired) electrons. The predicted octanol–water partition coefficient (Wildman–Crippen LogP) is 2.24. The summed E-state index contributed by atoms with van der Waals surface area (Å²) in [5.74, 6) is 0. The van der Waals surface area contributed by atoms with E-state index in [9.17, 15) is 0 Å². The van der Waals surface area contributed by atoms with Gasteiger partial charge in [-0.25, -0.2) is 9.36 Å². The number of thiophene rings is 1. The van der Waals surface area contributed by atoms with Crippen LogP contribution in [0.4, 0.5) is 0 Å². The monoisotopic (exact) mass is 230 g/mol. The van der Waals surface area contributed by atoms with Crippen LogP contribution in [0.1, 0.15) is 11.0 Å². The van der Waals surface area contributed by atoms with Gasteiger partial charge in [0, 0.05) is 24.8 Å². The summed E-state index contributed by atoms with van der Waals surface area (Å²) in [6.07, 6.45) is 7.48. The van der Waals surface area contributed by atoms with E-state index in [0.717, 1.165) is 0 Å². The number of nitrogens with zero attached hydrogens (tertiary/aromatic N) is 4. The highest BCUT2D eigenvalue weighted by Crippen LogP contribution is 2.23. The minimum Gasteiger partial charge on any atom is -0.243 e. The van der Waals surface area contributed by atoms with Crippen molar-refractivity contribution in [1.82, 2.24) is 19.6 Å². The van der Waals surface area contributed by atoms with Crippen LogP contribution in [0, 0.1) is 0 Å². The molecule has 0 aliphatic rings. The van der Waals surface area contributed by atoms with Crippen LogP contribution in [-0.2, 0) is 0 Å². The topological polar surface area (TPSA) is 35.6 Å². The zero-order chi connectivity index (χ0) is 10.8. The summed E-state index contributed by atoms with van der Waals surface area (Å²) >= 11 is 1.71. The van der Waals surface area contributed by atoms with Crippen LogP contribution < -0.4 is 0 Å². The van der Waals surface area contributed by atoms with E-state index in [4.69, 9.17) is 0 Å². The molecule has 3 aromatic heterocycles. The third kappa shape index (κ3) is 1.55. The fourth-order valence-electron chi connectivity index (χ4n) is 1.67. The van der Waals surface area contributed by atoms with Gasteiger partial charge in [0.2, 0.25) is 0 Å². The number of rotatable bonds is 3. The first-order chi connectivity index (χ1) is 7.95. The Morgan fingerprint density at radius 2 is 1.69 bits per heavy atom. The lowest BCUT2D eigenvalue weighted by atomic mass is 10.4. The average Bonchev–Trinajstić information content (AvgIpc) is 3.02. The molecule has 0 spiro atoms. The summed E-state index contributed by atoms with van der Waals surface area (Å²) in [6, 6.07) is 7.98. The second-order valence-corrected chi connectivity index (χ2v) is 4.34. The zero-order valence-electron chi connectivity index (χ0n) is 8.47. The van der Waals surface area contributed by atoms with Crippen molar-refractivity contribution in [3.63, 3.8) is 0 Å². The van der Waals surface area contributed by atoms with Gasteiger partial charge in [-0.2, -0.15) is 10.2 Å². The van der Waals surface area contributed by atoms with Crippen molar-refractivity contribution in [2.24, 2.45) is 0 Å². The van der Waals surface area contributed by atoms with Gasteiger partial charge in [0.05, 0.1) is 4.88 Å². The lowest BCUT2D eigenvalue weighted by Gasteiger charge is -2.16. The van der Waals surface area contributed by atoms with E-state index < -0.39 is 0 Å². The third-order valence-corrected chi connectivity index (χ3v) is 3.26. The molecular formula is C11H10N4S. The third-order valence-electron chi connectivity index (χ3n) is 2.35. The predicted molar refractivity (Wildman–Crippen MR) is 62.3 cm³/mol. The molecular weight excluding hydrogens is 220 g/mol. The van der Waals surface area contributed by atoms with Crippen molar-refractivity contribution in [1.29, 1.82) is 0 Å². The van der Waals surface area contributed by atoms with E-state index in [1.807, 2.05) is 40.0 Å². The van der Waals surface area contributed by atoms with Crippen LogP contribution in [-0.4, -0.2) is 19.6 Å². The van der Waals surface area contributed by atoms with Crippen molar-refractivity contribution < 1.29 is 0 Å². The standard InChI is InChI=1S/C11H10N4S/c1-4-10(16-9-1)11(14-7-2-5-12-14)15-8-3-6-13-15/h1-9,11H. The number of aromatic nitrogens is 4. The number of hydrogen-bond acceptors (Lipinski definition) is 3. The van der Waals surface area contributed by atoms with Crippen LogP contribution in [0.15, 0.2) is 54.4 Å². The van der Waals surface area contributed by atoms with Gasteiger partial charge in [0.15, 0.2) is 6.17 Å². The van der Waals surface area contributed by atoms with E-state index in [1.165, 1.54) is 4.88 Å². The molecule has 16 heavy (non-hydrogen) atoms. The van der Waals surface area contributed by atoms with Gasteiger partial charge >= 0.3 is 0 Å². The van der Waals surface area contributed by atoms with Gasteiger partial charge in [0.25, 0.3) is 0 Å². The molecule has 0 saturated carbocycles. The van der Waals surface area contributed by atoms with E-state index in [2.05, 4.69) is 21.6 Å². The average molecular weight is 230 g/mol. The van der Waals surface area contributed by atoms with Gasteiger partial charge < -0.3 is 0 Å². The van der Waals surface area contributed by atoms with E-state index >= 15 is 0 Å². The number of hydrogen-bond donors (Lipinski definition) is 0. The van der Waals surface area contributed by atoms with Gasteiger partial charge in [-0.05, 0) is 23.6 Å². The largest absolute Gasteiger partial charge is 0.243 e. The molecule has 4 nitrogen and oxygen atoms in total. The van der Waals surface area contributed by atoms with Crippen molar-refractivity contribution in [3.8, 4) is 0 Å². The SMILES string of the molecule is c1csc(C(n2cccn2)n2cccn2)c1. The molecule has 3 aromatic rings. The second kappa shape index (κ2) is 3.94. The Balaban J connectivity index is 2.09. The van der Waals surface area contributed by atoms with Gasteiger partial charge in [-0.15, -0.1) is 11.3 Å². The minimum atomic E-state index is 0.0185. The molecule has 0 atom stereocenters. The Kier molecular flexibility index (Phi) is 2.30. The highest BCUT2D eigenvalue weighted by Gasteiger charge is 2.16. The summed E-state index contributed by atoms with van der Waals surface area (Å²) in [6.45, 7) is 0. The maximum atomic E-state index is 4.29. The molecule has 0 aliphatic carbocycles. The van der Waals surface area contributed by atoms with Crippen molar-refractivity contribution in [3.05, 3.63) is 59.3 Å². The smallest absolute Gasteiger partial charge is 0.177 e. The van der Waals surface area contributed by atoms with Gasteiger partial charge in [-0.1, -0.05) is 6.07 Å². The highest BCUT2D eigenvalue weighted by atomic mass is 32.1. The van der Waals surface area contributed by atoms with Gasteiger partial charge in [-0.3, -0.25) is 0 Å². The Hall–Kier alpha value is -1.88. The Bertz CT molecular complexity index is 443. The molecule has 0 N–H and O–H groups in total. The van der Waals surface area contributed by atoms with E-state index in [0.29, 0.717) is 0 Å². The molecule has 0 aromatic carbocycles. The first kappa shape index (κ1) is 9.35. The maximum Gasteiger partial charge on any atom is 0.177 e. The van der Waals surface area contributed by atoms with Crippen LogP contribution >= 0.6 is 11.3 Å². The summed E-state index contributed by atoms with van der Waals surface area (Å²) in [7, 11) is 0. The summed E-state index contributed by atoms with van der Waals surface area (Å²) in [5, 5.41) is 10.6. The lowest BCUT2D eigenvalue weighted by Crippen LogP contribution is -2.19. The van der Waals surface area contributed by atoms with E-state index in [1.54, 1.807) is 23.7 Å². The lowest BCUT2D eigenvalue weighted by molar-refractivity contribution is 0.425. The van der Waals surface area contributed by atoms with Crippen molar-refractivity contribution in [2.75, 3.05) is 0 Å². The van der Waals surface area contributed by atoms with Gasteiger partial charge in [0.1, 0.15) is 0 Å².